The fourth-order valence-electron chi connectivity index (χ4n) is 2.68. The molecule has 0 aliphatic heterocycles. The number of benzene rings is 1. The lowest BCUT2D eigenvalue weighted by atomic mass is 10.2. The average Bonchev–Trinajstić information content (AvgIpc) is 3.05. The number of para-hydroxylation sites is 2. The van der Waals surface area contributed by atoms with Crippen LogP contribution in [0, 0.1) is 0 Å². The lowest BCUT2D eigenvalue weighted by Gasteiger charge is -2.10. The van der Waals surface area contributed by atoms with E-state index in [0.717, 1.165) is 40.3 Å². The van der Waals surface area contributed by atoms with E-state index in [1.807, 2.05) is 42.6 Å². The third-order valence-electron chi connectivity index (χ3n) is 3.80. The zero-order valence-electron chi connectivity index (χ0n) is 12.8. The van der Waals surface area contributed by atoms with Gasteiger partial charge in [0.2, 0.25) is 5.65 Å². The van der Waals surface area contributed by atoms with Crippen molar-refractivity contribution in [2.45, 2.75) is 19.9 Å². The Labute approximate surface area is 133 Å². The summed E-state index contributed by atoms with van der Waals surface area (Å²) in [7, 11) is 0. The average molecular weight is 304 g/mol. The second-order valence-corrected chi connectivity index (χ2v) is 5.29. The molecule has 0 amide bonds. The molecule has 0 aliphatic carbocycles. The molecule has 0 bridgehead atoms. The molecule has 0 saturated heterocycles. The molecule has 0 spiro atoms. The first-order valence-corrected chi connectivity index (χ1v) is 7.62. The summed E-state index contributed by atoms with van der Waals surface area (Å²) in [6.07, 6.45) is 4.42. The Morgan fingerprint density at radius 2 is 2.00 bits per heavy atom. The zero-order chi connectivity index (χ0) is 15.6. The van der Waals surface area contributed by atoms with Crippen molar-refractivity contribution in [3.8, 4) is 0 Å². The minimum absolute atomic E-state index is 0.642. The summed E-state index contributed by atoms with van der Waals surface area (Å²) in [5.41, 5.74) is 3.79. The highest BCUT2D eigenvalue weighted by atomic mass is 15.3. The maximum Gasteiger partial charge on any atom is 0.204 e. The van der Waals surface area contributed by atoms with Gasteiger partial charge in [-0.1, -0.05) is 25.1 Å². The maximum atomic E-state index is 4.71. The van der Waals surface area contributed by atoms with E-state index in [9.17, 15) is 0 Å². The van der Waals surface area contributed by atoms with Crippen LogP contribution in [0.25, 0.3) is 16.7 Å². The van der Waals surface area contributed by atoms with Gasteiger partial charge in [-0.05, 0) is 23.8 Å². The molecule has 0 saturated carbocycles. The molecule has 3 heterocycles. The summed E-state index contributed by atoms with van der Waals surface area (Å²) < 4.78 is 2.08. The van der Waals surface area contributed by atoms with Crippen molar-refractivity contribution < 1.29 is 0 Å². The Morgan fingerprint density at radius 3 is 2.83 bits per heavy atom. The molecule has 0 fully saturated rings. The summed E-state index contributed by atoms with van der Waals surface area (Å²) in [6.45, 7) is 2.72. The first-order chi connectivity index (χ1) is 11.4. The largest absolute Gasteiger partial charge is 0.363 e. The van der Waals surface area contributed by atoms with E-state index in [0.29, 0.717) is 6.54 Å². The number of hydrogen-bond acceptors (Lipinski definition) is 5. The Hall–Kier alpha value is -3.02. The third kappa shape index (κ3) is 2.38. The predicted molar refractivity (Wildman–Crippen MR) is 89.2 cm³/mol. The van der Waals surface area contributed by atoms with Crippen molar-refractivity contribution in [3.63, 3.8) is 0 Å². The number of nitrogens with one attached hydrogen (secondary N) is 1. The number of pyridine rings is 1. The van der Waals surface area contributed by atoms with E-state index in [1.54, 1.807) is 6.20 Å². The van der Waals surface area contributed by atoms with Crippen molar-refractivity contribution in [1.82, 2.24) is 24.6 Å². The Balaban J connectivity index is 1.83. The van der Waals surface area contributed by atoms with Gasteiger partial charge in [-0.15, -0.1) is 10.2 Å². The molecule has 0 atom stereocenters. The third-order valence-corrected chi connectivity index (χ3v) is 3.80. The van der Waals surface area contributed by atoms with Gasteiger partial charge in [0.05, 0.1) is 11.0 Å². The van der Waals surface area contributed by atoms with Gasteiger partial charge in [-0.3, -0.25) is 9.38 Å². The van der Waals surface area contributed by atoms with E-state index in [4.69, 9.17) is 4.98 Å². The normalized spacial score (nSPS) is 11.2. The number of rotatable bonds is 4. The van der Waals surface area contributed by atoms with E-state index in [1.165, 1.54) is 0 Å². The molecule has 0 unspecified atom stereocenters. The van der Waals surface area contributed by atoms with Gasteiger partial charge in [-0.25, -0.2) is 4.98 Å². The number of fused-ring (bicyclic) bond motifs is 3. The SMILES string of the molecule is CCc1nnc2c(NCc3cccnc3)nc3ccccc3n12. The standard InChI is InChI=1S/C17H16N6/c1-2-15-21-22-17-16(19-11-12-6-5-9-18-10-12)20-13-7-3-4-8-14(13)23(15)17/h3-10H,2,11H2,1H3,(H,19,20). The molecule has 4 aromatic rings. The molecule has 23 heavy (non-hydrogen) atoms. The summed E-state index contributed by atoms with van der Waals surface area (Å²) >= 11 is 0. The molecule has 0 radical (unpaired) electrons. The number of anilines is 1. The predicted octanol–water partition coefficient (Wildman–Crippen LogP) is 2.85. The fourth-order valence-corrected chi connectivity index (χ4v) is 2.68. The zero-order valence-corrected chi connectivity index (χ0v) is 12.8. The second kappa shape index (κ2) is 5.64. The molecular formula is C17H16N6. The first-order valence-electron chi connectivity index (χ1n) is 7.62. The van der Waals surface area contributed by atoms with Crippen LogP contribution in [0.3, 0.4) is 0 Å². The molecule has 1 N–H and O–H groups in total. The van der Waals surface area contributed by atoms with Crippen LogP contribution in [0.15, 0.2) is 48.8 Å². The monoisotopic (exact) mass is 304 g/mol. The van der Waals surface area contributed by atoms with Gasteiger partial charge in [0.15, 0.2) is 5.82 Å². The number of hydrogen-bond donors (Lipinski definition) is 1. The van der Waals surface area contributed by atoms with Crippen molar-refractivity contribution >= 4 is 22.5 Å². The van der Waals surface area contributed by atoms with Gasteiger partial charge in [-0.2, -0.15) is 0 Å². The Kier molecular flexibility index (Phi) is 3.34. The number of aryl methyl sites for hydroxylation is 1. The fraction of sp³-hybridized carbons (Fsp3) is 0.176. The second-order valence-electron chi connectivity index (χ2n) is 5.29. The van der Waals surface area contributed by atoms with Gasteiger partial charge in [0, 0.05) is 25.4 Å². The van der Waals surface area contributed by atoms with Crippen LogP contribution < -0.4 is 5.32 Å². The van der Waals surface area contributed by atoms with E-state index in [2.05, 4.69) is 31.8 Å². The Morgan fingerprint density at radius 1 is 1.09 bits per heavy atom. The molecule has 4 rings (SSSR count). The maximum absolute atomic E-state index is 4.71. The first kappa shape index (κ1) is 13.6. The van der Waals surface area contributed by atoms with Crippen LogP contribution in [-0.4, -0.2) is 24.6 Å². The van der Waals surface area contributed by atoms with E-state index in [-0.39, 0.29) is 0 Å². The van der Waals surface area contributed by atoms with Crippen molar-refractivity contribution in [1.29, 1.82) is 0 Å². The van der Waals surface area contributed by atoms with E-state index < -0.39 is 0 Å². The highest BCUT2D eigenvalue weighted by Gasteiger charge is 2.13. The molecule has 1 aromatic carbocycles. The number of aromatic nitrogens is 5. The van der Waals surface area contributed by atoms with Crippen LogP contribution in [0.4, 0.5) is 5.82 Å². The van der Waals surface area contributed by atoms with Gasteiger partial charge in [0.25, 0.3) is 0 Å². The van der Waals surface area contributed by atoms with Crippen molar-refractivity contribution in [2.75, 3.05) is 5.32 Å². The lowest BCUT2D eigenvalue weighted by Crippen LogP contribution is -2.06. The highest BCUT2D eigenvalue weighted by Crippen LogP contribution is 2.22. The lowest BCUT2D eigenvalue weighted by molar-refractivity contribution is 0.921. The Bertz CT molecular complexity index is 961. The summed E-state index contributed by atoms with van der Waals surface area (Å²) in [5, 5.41) is 12.0. The topological polar surface area (TPSA) is 68.0 Å². The van der Waals surface area contributed by atoms with Crippen LogP contribution in [0.2, 0.25) is 0 Å². The van der Waals surface area contributed by atoms with Crippen molar-refractivity contribution in [3.05, 3.63) is 60.2 Å². The van der Waals surface area contributed by atoms with E-state index >= 15 is 0 Å². The van der Waals surface area contributed by atoms with Crippen LogP contribution in [0.1, 0.15) is 18.3 Å². The summed E-state index contributed by atoms with van der Waals surface area (Å²) in [5.74, 6) is 1.67. The summed E-state index contributed by atoms with van der Waals surface area (Å²) in [6, 6.07) is 12.0. The smallest absolute Gasteiger partial charge is 0.204 e. The highest BCUT2D eigenvalue weighted by molar-refractivity contribution is 5.82. The van der Waals surface area contributed by atoms with Crippen LogP contribution in [0.5, 0.6) is 0 Å². The van der Waals surface area contributed by atoms with Gasteiger partial charge >= 0.3 is 0 Å². The molecule has 0 aliphatic rings. The van der Waals surface area contributed by atoms with Gasteiger partial charge < -0.3 is 5.32 Å². The van der Waals surface area contributed by atoms with Gasteiger partial charge in [0.1, 0.15) is 5.82 Å². The minimum Gasteiger partial charge on any atom is -0.363 e. The van der Waals surface area contributed by atoms with Crippen molar-refractivity contribution in [2.24, 2.45) is 0 Å². The quantitative estimate of drug-likeness (QED) is 0.628. The number of nitrogens with zero attached hydrogens (tertiary/aromatic N) is 5. The van der Waals surface area contributed by atoms with Crippen LogP contribution >= 0.6 is 0 Å². The minimum atomic E-state index is 0.642. The summed E-state index contributed by atoms with van der Waals surface area (Å²) in [4.78, 5) is 8.84. The molecule has 3 aromatic heterocycles. The molecule has 114 valence electrons. The molecular weight excluding hydrogens is 288 g/mol. The van der Waals surface area contributed by atoms with Crippen LogP contribution in [-0.2, 0) is 13.0 Å². The molecule has 6 nitrogen and oxygen atoms in total. The molecule has 6 heteroatoms.